The molecule has 0 bridgehead atoms. The van der Waals surface area contributed by atoms with Crippen molar-refractivity contribution in [2.24, 2.45) is 5.92 Å². The molecule has 2 aliphatic heterocycles. The van der Waals surface area contributed by atoms with Gasteiger partial charge in [0.05, 0.1) is 0 Å². The highest BCUT2D eigenvalue weighted by Gasteiger charge is 2.46. The summed E-state index contributed by atoms with van der Waals surface area (Å²) < 4.78 is 28.0. The summed E-state index contributed by atoms with van der Waals surface area (Å²) in [7, 11) is -3.65. The number of nitrogens with zero attached hydrogens (tertiary/aromatic N) is 2. The van der Waals surface area contributed by atoms with Gasteiger partial charge in [-0.15, -0.1) is 0 Å². The van der Waals surface area contributed by atoms with Crippen LogP contribution in [-0.2, 0) is 15.0 Å². The Morgan fingerprint density at radius 3 is 2.37 bits per heavy atom. The Labute approximate surface area is 114 Å². The maximum absolute atomic E-state index is 12.6. The number of carboxylic acid groups (broad SMARTS) is 1. The number of aliphatic carboxylic acids is 1. The van der Waals surface area contributed by atoms with Crippen LogP contribution >= 0.6 is 0 Å². The van der Waals surface area contributed by atoms with Crippen LogP contribution in [0.4, 0.5) is 0 Å². The van der Waals surface area contributed by atoms with Crippen LogP contribution < -0.4 is 0 Å². The highest BCUT2D eigenvalue weighted by atomic mass is 32.2. The quantitative estimate of drug-likeness (QED) is 0.837. The van der Waals surface area contributed by atoms with Crippen molar-refractivity contribution >= 4 is 16.2 Å². The van der Waals surface area contributed by atoms with Gasteiger partial charge in [0.25, 0.3) is 10.2 Å². The van der Waals surface area contributed by atoms with E-state index < -0.39 is 22.2 Å². The van der Waals surface area contributed by atoms with Gasteiger partial charge in [0, 0.05) is 19.1 Å². The molecular formula is C12H22N2O4S. The SMILES string of the molecule is CC1CCN(S(=O)(=O)N2CCCCC2C)C1C(=O)O. The zero-order chi connectivity index (χ0) is 14.2. The zero-order valence-corrected chi connectivity index (χ0v) is 12.3. The zero-order valence-electron chi connectivity index (χ0n) is 11.4. The average Bonchev–Trinajstić information content (AvgIpc) is 2.72. The maximum Gasteiger partial charge on any atom is 0.322 e. The molecule has 0 aromatic heterocycles. The molecule has 2 heterocycles. The van der Waals surface area contributed by atoms with Crippen LogP contribution in [0.5, 0.6) is 0 Å². The molecule has 0 aromatic rings. The third kappa shape index (κ3) is 2.64. The van der Waals surface area contributed by atoms with E-state index >= 15 is 0 Å². The van der Waals surface area contributed by atoms with E-state index in [2.05, 4.69) is 0 Å². The van der Waals surface area contributed by atoms with Crippen molar-refractivity contribution in [2.75, 3.05) is 13.1 Å². The average molecular weight is 290 g/mol. The molecule has 3 atom stereocenters. The molecule has 0 saturated carbocycles. The Hall–Kier alpha value is -0.660. The fraction of sp³-hybridized carbons (Fsp3) is 0.917. The standard InChI is InChI=1S/C12H22N2O4S/c1-9-6-8-14(11(9)12(15)16)19(17,18)13-7-4-3-5-10(13)2/h9-11H,3-8H2,1-2H3,(H,15,16). The topological polar surface area (TPSA) is 77.9 Å². The summed E-state index contributed by atoms with van der Waals surface area (Å²) in [5.74, 6) is -1.18. The number of rotatable bonds is 3. The second-order valence-electron chi connectivity index (χ2n) is 5.62. The van der Waals surface area contributed by atoms with Crippen LogP contribution in [0.15, 0.2) is 0 Å². The molecule has 0 amide bonds. The van der Waals surface area contributed by atoms with Crippen LogP contribution in [-0.4, -0.2) is 53.3 Å². The van der Waals surface area contributed by atoms with Gasteiger partial charge in [-0.2, -0.15) is 17.0 Å². The predicted molar refractivity (Wildman–Crippen MR) is 70.8 cm³/mol. The number of carbonyl (C=O) groups is 1. The number of carboxylic acids is 1. The van der Waals surface area contributed by atoms with Crippen molar-refractivity contribution < 1.29 is 18.3 Å². The molecular weight excluding hydrogens is 268 g/mol. The second kappa shape index (κ2) is 5.38. The molecule has 2 rings (SSSR count). The van der Waals surface area contributed by atoms with Gasteiger partial charge >= 0.3 is 5.97 Å². The maximum atomic E-state index is 12.6. The fourth-order valence-corrected chi connectivity index (χ4v) is 5.20. The first kappa shape index (κ1) is 14.7. The van der Waals surface area contributed by atoms with Crippen molar-refractivity contribution in [1.82, 2.24) is 8.61 Å². The molecule has 6 nitrogen and oxygen atoms in total. The first-order valence-electron chi connectivity index (χ1n) is 6.87. The Morgan fingerprint density at radius 2 is 1.79 bits per heavy atom. The van der Waals surface area contributed by atoms with E-state index in [-0.39, 0.29) is 12.0 Å². The molecule has 0 radical (unpaired) electrons. The molecule has 2 aliphatic rings. The summed E-state index contributed by atoms with van der Waals surface area (Å²) >= 11 is 0. The van der Waals surface area contributed by atoms with Gasteiger partial charge in [0.2, 0.25) is 0 Å². The van der Waals surface area contributed by atoms with Crippen molar-refractivity contribution in [2.45, 2.75) is 51.6 Å². The van der Waals surface area contributed by atoms with Gasteiger partial charge in [-0.1, -0.05) is 13.3 Å². The normalized spacial score (nSPS) is 34.5. The first-order chi connectivity index (χ1) is 8.85. The second-order valence-corrected chi connectivity index (χ2v) is 7.46. The fourth-order valence-electron chi connectivity index (χ4n) is 3.09. The van der Waals surface area contributed by atoms with E-state index in [1.54, 1.807) is 6.92 Å². The lowest BCUT2D eigenvalue weighted by molar-refractivity contribution is -0.141. The molecule has 2 saturated heterocycles. The molecule has 2 fully saturated rings. The lowest BCUT2D eigenvalue weighted by Crippen LogP contribution is -2.53. The molecule has 3 unspecified atom stereocenters. The highest BCUT2D eigenvalue weighted by Crippen LogP contribution is 2.31. The minimum atomic E-state index is -3.65. The van der Waals surface area contributed by atoms with E-state index in [0.29, 0.717) is 19.5 Å². The van der Waals surface area contributed by atoms with Crippen LogP contribution in [0.1, 0.15) is 39.5 Å². The monoisotopic (exact) mass is 290 g/mol. The summed E-state index contributed by atoms with van der Waals surface area (Å²) in [4.78, 5) is 11.3. The van der Waals surface area contributed by atoms with E-state index in [9.17, 15) is 18.3 Å². The van der Waals surface area contributed by atoms with Crippen molar-refractivity contribution in [1.29, 1.82) is 0 Å². The van der Waals surface area contributed by atoms with Gasteiger partial charge in [0.1, 0.15) is 6.04 Å². The Balaban J connectivity index is 2.26. The lowest BCUT2D eigenvalue weighted by atomic mass is 10.0. The predicted octanol–water partition coefficient (Wildman–Crippen LogP) is 0.901. The molecule has 7 heteroatoms. The van der Waals surface area contributed by atoms with Crippen LogP contribution in [0, 0.1) is 5.92 Å². The Kier molecular flexibility index (Phi) is 4.17. The lowest BCUT2D eigenvalue weighted by Gasteiger charge is -2.36. The van der Waals surface area contributed by atoms with Crippen molar-refractivity contribution in [3.8, 4) is 0 Å². The molecule has 110 valence electrons. The third-order valence-electron chi connectivity index (χ3n) is 4.24. The van der Waals surface area contributed by atoms with E-state index in [1.807, 2.05) is 6.92 Å². The molecule has 0 spiro atoms. The van der Waals surface area contributed by atoms with Gasteiger partial charge in [-0.25, -0.2) is 0 Å². The minimum Gasteiger partial charge on any atom is -0.480 e. The molecule has 0 aliphatic carbocycles. The summed E-state index contributed by atoms with van der Waals surface area (Å²) in [6.45, 7) is 4.50. The van der Waals surface area contributed by atoms with Crippen LogP contribution in [0.2, 0.25) is 0 Å². The van der Waals surface area contributed by atoms with E-state index in [1.165, 1.54) is 8.61 Å². The smallest absolute Gasteiger partial charge is 0.322 e. The molecule has 19 heavy (non-hydrogen) atoms. The Morgan fingerprint density at radius 1 is 1.11 bits per heavy atom. The summed E-state index contributed by atoms with van der Waals surface area (Å²) in [6.07, 6.45) is 3.34. The number of piperidine rings is 1. The highest BCUT2D eigenvalue weighted by molar-refractivity contribution is 7.86. The summed E-state index contributed by atoms with van der Waals surface area (Å²) in [6, 6.07) is -0.955. The number of hydrogen-bond donors (Lipinski definition) is 1. The summed E-state index contributed by atoms with van der Waals surface area (Å²) in [5, 5.41) is 9.26. The third-order valence-corrected chi connectivity index (χ3v) is 6.38. The van der Waals surface area contributed by atoms with Gasteiger partial charge < -0.3 is 5.11 Å². The van der Waals surface area contributed by atoms with Crippen molar-refractivity contribution in [3.05, 3.63) is 0 Å². The van der Waals surface area contributed by atoms with Gasteiger partial charge in [-0.05, 0) is 32.1 Å². The molecule has 1 N–H and O–H groups in total. The van der Waals surface area contributed by atoms with Crippen LogP contribution in [0.3, 0.4) is 0 Å². The largest absolute Gasteiger partial charge is 0.480 e. The van der Waals surface area contributed by atoms with Crippen molar-refractivity contribution in [3.63, 3.8) is 0 Å². The first-order valence-corrected chi connectivity index (χ1v) is 8.27. The van der Waals surface area contributed by atoms with Gasteiger partial charge in [-0.3, -0.25) is 4.79 Å². The van der Waals surface area contributed by atoms with E-state index in [4.69, 9.17) is 0 Å². The Bertz CT molecular complexity index is 451. The van der Waals surface area contributed by atoms with E-state index in [0.717, 1.165) is 19.3 Å². The van der Waals surface area contributed by atoms with Crippen LogP contribution in [0.25, 0.3) is 0 Å². The number of hydrogen-bond acceptors (Lipinski definition) is 3. The summed E-state index contributed by atoms with van der Waals surface area (Å²) in [5.41, 5.74) is 0. The minimum absolute atomic E-state index is 0.0379. The molecule has 0 aromatic carbocycles. The van der Waals surface area contributed by atoms with Gasteiger partial charge in [0.15, 0.2) is 0 Å².